The van der Waals surface area contributed by atoms with Crippen molar-refractivity contribution in [3.8, 4) is 0 Å². The second-order valence-corrected chi connectivity index (χ2v) is 5.89. The van der Waals surface area contributed by atoms with Gasteiger partial charge in [-0.05, 0) is 38.5 Å². The van der Waals surface area contributed by atoms with Gasteiger partial charge < -0.3 is 9.47 Å². The molecule has 1 N–H and O–H groups in total. The average molecular weight is 354 g/mol. The molecule has 0 saturated heterocycles. The first-order valence-corrected chi connectivity index (χ1v) is 8.81. The van der Waals surface area contributed by atoms with E-state index in [1.54, 1.807) is 12.1 Å². The first-order valence-electron chi connectivity index (χ1n) is 8.81. The molecule has 0 aliphatic carbocycles. The van der Waals surface area contributed by atoms with E-state index in [1.165, 1.54) is 0 Å². The maximum absolute atomic E-state index is 12.5. The quantitative estimate of drug-likeness (QED) is 0.466. The van der Waals surface area contributed by atoms with E-state index in [-0.39, 0.29) is 18.0 Å². The number of hydrogen-bond donors (Lipinski definition) is 1. The van der Waals surface area contributed by atoms with Crippen molar-refractivity contribution in [2.75, 3.05) is 19.8 Å². The summed E-state index contributed by atoms with van der Waals surface area (Å²) in [6.07, 6.45) is 0. The van der Waals surface area contributed by atoms with Gasteiger partial charge in [-0.2, -0.15) is 0 Å². The molecule has 138 valence electrons. The van der Waals surface area contributed by atoms with Gasteiger partial charge in [0.05, 0.1) is 12.6 Å². The summed E-state index contributed by atoms with van der Waals surface area (Å²) in [6, 6.07) is 17.3. The van der Waals surface area contributed by atoms with Crippen LogP contribution in [0.5, 0.6) is 0 Å². The molecule has 0 heterocycles. The summed E-state index contributed by atoms with van der Waals surface area (Å²) in [5.41, 5.74) is 2.70. The van der Waals surface area contributed by atoms with E-state index in [2.05, 4.69) is 10.3 Å². The fourth-order valence-electron chi connectivity index (χ4n) is 2.30. The Bertz CT molecular complexity index is 712. The van der Waals surface area contributed by atoms with Crippen LogP contribution in [0, 0.1) is 6.92 Å². The van der Waals surface area contributed by atoms with E-state index in [9.17, 15) is 4.79 Å². The summed E-state index contributed by atoms with van der Waals surface area (Å²) in [6.45, 7) is 7.24. The van der Waals surface area contributed by atoms with Crippen molar-refractivity contribution in [2.24, 2.45) is 4.99 Å². The zero-order valence-electron chi connectivity index (χ0n) is 15.6. The predicted molar refractivity (Wildman–Crippen MR) is 103 cm³/mol. The summed E-state index contributed by atoms with van der Waals surface area (Å²) in [5.74, 6) is -0.250. The van der Waals surface area contributed by atoms with Crippen LogP contribution in [-0.2, 0) is 9.47 Å². The monoisotopic (exact) mass is 354 g/mol. The van der Waals surface area contributed by atoms with Gasteiger partial charge in [0.1, 0.15) is 6.61 Å². The third-order valence-corrected chi connectivity index (χ3v) is 3.80. The first-order chi connectivity index (χ1) is 12.6. The Morgan fingerprint density at radius 3 is 2.42 bits per heavy atom. The van der Waals surface area contributed by atoms with Gasteiger partial charge in [-0.3, -0.25) is 10.1 Å². The topological polar surface area (TPSA) is 59.9 Å². The molecular formula is C21H26N2O3. The van der Waals surface area contributed by atoms with E-state index in [0.717, 1.165) is 11.1 Å². The van der Waals surface area contributed by atoms with E-state index >= 15 is 0 Å². The maximum Gasteiger partial charge on any atom is 0.292 e. The van der Waals surface area contributed by atoms with Gasteiger partial charge in [0, 0.05) is 12.2 Å². The number of carbonyl (C=O) groups excluding carboxylic acids is 1. The Balaban J connectivity index is 2.10. The first kappa shape index (κ1) is 19.7. The number of aliphatic imine (C=N–C) groups is 1. The lowest BCUT2D eigenvalue weighted by atomic mass is 10.1. The van der Waals surface area contributed by atoms with Gasteiger partial charge in [-0.15, -0.1) is 0 Å². The Morgan fingerprint density at radius 2 is 1.77 bits per heavy atom. The van der Waals surface area contributed by atoms with E-state index in [4.69, 9.17) is 9.47 Å². The Morgan fingerprint density at radius 1 is 1.08 bits per heavy atom. The van der Waals surface area contributed by atoms with Crippen LogP contribution in [0.15, 0.2) is 59.6 Å². The van der Waals surface area contributed by atoms with Crippen LogP contribution in [0.2, 0.25) is 0 Å². The van der Waals surface area contributed by atoms with Crippen LogP contribution in [-0.4, -0.2) is 31.7 Å². The van der Waals surface area contributed by atoms with Crippen molar-refractivity contribution in [1.29, 1.82) is 0 Å². The number of rotatable bonds is 7. The molecule has 2 rings (SSSR count). The number of benzene rings is 2. The van der Waals surface area contributed by atoms with Crippen molar-refractivity contribution in [2.45, 2.75) is 26.8 Å². The van der Waals surface area contributed by atoms with E-state index in [1.807, 2.05) is 63.2 Å². The number of ether oxygens (including phenoxy) is 2. The van der Waals surface area contributed by atoms with Gasteiger partial charge in [-0.1, -0.05) is 48.0 Å². The molecule has 26 heavy (non-hydrogen) atoms. The smallest absolute Gasteiger partial charge is 0.292 e. The van der Waals surface area contributed by atoms with Gasteiger partial charge in [0.15, 0.2) is 0 Å². The number of carbonyl (C=O) groups is 1. The summed E-state index contributed by atoms with van der Waals surface area (Å²) in [4.78, 5) is 17.0. The SMILES string of the molecule is CCOCCOC(=N[C@@H](C)c1ccccc1)NC(=O)c1ccc(C)cc1. The molecule has 1 amide bonds. The minimum Gasteiger partial charge on any atom is -0.463 e. The third-order valence-electron chi connectivity index (χ3n) is 3.80. The molecule has 0 bridgehead atoms. The third kappa shape index (κ3) is 6.33. The van der Waals surface area contributed by atoms with Crippen molar-refractivity contribution < 1.29 is 14.3 Å². The number of hydrogen-bond acceptors (Lipinski definition) is 4. The second-order valence-electron chi connectivity index (χ2n) is 5.89. The average Bonchev–Trinajstić information content (AvgIpc) is 2.66. The van der Waals surface area contributed by atoms with Crippen LogP contribution in [0.25, 0.3) is 0 Å². The largest absolute Gasteiger partial charge is 0.463 e. The summed E-state index contributed by atoms with van der Waals surface area (Å²) < 4.78 is 10.9. The van der Waals surface area contributed by atoms with Crippen molar-refractivity contribution in [3.63, 3.8) is 0 Å². The number of amides is 1. The van der Waals surface area contributed by atoms with Crippen LogP contribution in [0.1, 0.15) is 41.4 Å². The maximum atomic E-state index is 12.5. The lowest BCUT2D eigenvalue weighted by Gasteiger charge is -2.14. The standard InChI is InChI=1S/C21H26N2O3/c1-4-25-14-15-26-21(22-17(3)18-8-6-5-7-9-18)23-20(24)19-12-10-16(2)11-13-19/h5-13,17H,4,14-15H2,1-3H3,(H,22,23,24)/t17-/m0/s1. The zero-order chi connectivity index (χ0) is 18.8. The molecule has 0 radical (unpaired) electrons. The van der Waals surface area contributed by atoms with Crippen LogP contribution < -0.4 is 5.32 Å². The van der Waals surface area contributed by atoms with Crippen molar-refractivity contribution in [1.82, 2.24) is 5.32 Å². The minimum atomic E-state index is -0.250. The van der Waals surface area contributed by atoms with Gasteiger partial charge in [0.2, 0.25) is 0 Å². The van der Waals surface area contributed by atoms with Gasteiger partial charge in [-0.25, -0.2) is 4.99 Å². The normalized spacial score (nSPS) is 12.5. The molecule has 0 spiro atoms. The molecule has 0 saturated carbocycles. The molecule has 0 unspecified atom stereocenters. The van der Waals surface area contributed by atoms with E-state index < -0.39 is 0 Å². The zero-order valence-corrected chi connectivity index (χ0v) is 15.6. The van der Waals surface area contributed by atoms with Gasteiger partial charge >= 0.3 is 0 Å². The lowest BCUT2D eigenvalue weighted by Crippen LogP contribution is -2.33. The molecule has 2 aromatic carbocycles. The van der Waals surface area contributed by atoms with Crippen molar-refractivity contribution >= 4 is 11.9 Å². The summed E-state index contributed by atoms with van der Waals surface area (Å²) in [5, 5.41) is 2.76. The molecule has 2 aromatic rings. The minimum absolute atomic E-state index is 0.142. The highest BCUT2D eigenvalue weighted by Gasteiger charge is 2.12. The highest BCUT2D eigenvalue weighted by Crippen LogP contribution is 2.16. The molecule has 0 fully saturated rings. The Kier molecular flexibility index (Phi) is 7.83. The highest BCUT2D eigenvalue weighted by molar-refractivity contribution is 6.04. The fraction of sp³-hybridized carbons (Fsp3) is 0.333. The summed E-state index contributed by atoms with van der Waals surface area (Å²) >= 11 is 0. The van der Waals surface area contributed by atoms with Gasteiger partial charge in [0.25, 0.3) is 11.9 Å². The number of amidine groups is 1. The molecule has 0 aliphatic heterocycles. The highest BCUT2D eigenvalue weighted by atomic mass is 16.5. The van der Waals surface area contributed by atoms with E-state index in [0.29, 0.717) is 25.4 Å². The molecule has 5 nitrogen and oxygen atoms in total. The summed E-state index contributed by atoms with van der Waals surface area (Å²) in [7, 11) is 0. The molecule has 1 atom stereocenters. The van der Waals surface area contributed by atoms with Crippen LogP contribution >= 0.6 is 0 Å². The predicted octanol–water partition coefficient (Wildman–Crippen LogP) is 3.90. The molecule has 0 aliphatic rings. The second kappa shape index (κ2) is 10.4. The van der Waals surface area contributed by atoms with Crippen molar-refractivity contribution in [3.05, 3.63) is 71.3 Å². The number of nitrogens with zero attached hydrogens (tertiary/aromatic N) is 1. The van der Waals surface area contributed by atoms with Crippen LogP contribution in [0.3, 0.4) is 0 Å². The molecule has 0 aromatic heterocycles. The Labute approximate surface area is 155 Å². The molecular weight excluding hydrogens is 328 g/mol. The van der Waals surface area contributed by atoms with Crippen LogP contribution in [0.4, 0.5) is 0 Å². The molecule has 5 heteroatoms. The Hall–Kier alpha value is -2.66. The number of aryl methyl sites for hydroxylation is 1. The lowest BCUT2D eigenvalue weighted by molar-refractivity contribution is 0.0921. The number of nitrogens with one attached hydrogen (secondary N) is 1. The fourth-order valence-corrected chi connectivity index (χ4v) is 2.30.